The van der Waals surface area contributed by atoms with E-state index in [1.54, 1.807) is 0 Å². The Hall–Kier alpha value is -2.50. The Morgan fingerprint density at radius 3 is 2.00 bits per heavy atom. The zero-order chi connectivity index (χ0) is 14.9. The van der Waals surface area contributed by atoms with Crippen molar-refractivity contribution >= 4 is 35.3 Å². The fraction of sp³-hybridized carbons (Fsp3) is 0. The lowest BCUT2D eigenvalue weighted by molar-refractivity contribution is 0.603. The van der Waals surface area contributed by atoms with Crippen LogP contribution >= 0.6 is 8.46 Å². The van der Waals surface area contributed by atoms with Gasteiger partial charge < -0.3 is 0 Å². The van der Waals surface area contributed by atoms with Gasteiger partial charge >= 0.3 is 0 Å². The van der Waals surface area contributed by atoms with Gasteiger partial charge in [-0.3, -0.25) is 4.57 Å². The highest BCUT2D eigenvalue weighted by molar-refractivity contribution is 7.34. The van der Waals surface area contributed by atoms with Crippen molar-refractivity contribution in [3.63, 3.8) is 0 Å². The SMILES string of the molecule is O=Pc1ccc2ccccc2c1-c1cccc2ccccc12. The maximum Gasteiger partial charge on any atom is 0.192 e. The van der Waals surface area contributed by atoms with Gasteiger partial charge in [-0.25, -0.2) is 0 Å². The molecule has 0 radical (unpaired) electrons. The molecule has 4 rings (SSSR count). The summed E-state index contributed by atoms with van der Waals surface area (Å²) in [6.07, 6.45) is 0. The molecular formula is C20H13OP. The summed E-state index contributed by atoms with van der Waals surface area (Å²) in [5, 5.41) is 5.51. The van der Waals surface area contributed by atoms with E-state index in [0.717, 1.165) is 27.2 Å². The van der Waals surface area contributed by atoms with Crippen molar-refractivity contribution in [2.45, 2.75) is 0 Å². The Bertz CT molecular complexity index is 999. The third kappa shape index (κ3) is 2.03. The molecule has 0 spiro atoms. The summed E-state index contributed by atoms with van der Waals surface area (Å²) in [4.78, 5) is 0. The van der Waals surface area contributed by atoms with Gasteiger partial charge in [0, 0.05) is 5.56 Å². The molecule has 0 fully saturated rings. The van der Waals surface area contributed by atoms with Crippen LogP contribution in [0.25, 0.3) is 32.7 Å². The predicted octanol–water partition coefficient (Wildman–Crippen LogP) is 5.58. The molecule has 0 aromatic heterocycles. The molecule has 0 aliphatic rings. The lowest BCUT2D eigenvalue weighted by Gasteiger charge is -2.12. The van der Waals surface area contributed by atoms with Crippen LogP contribution in [0.5, 0.6) is 0 Å². The van der Waals surface area contributed by atoms with E-state index in [4.69, 9.17) is 0 Å². The molecule has 0 atom stereocenters. The van der Waals surface area contributed by atoms with Gasteiger partial charge in [0.05, 0.1) is 5.30 Å². The van der Waals surface area contributed by atoms with Crippen LogP contribution in [-0.2, 0) is 4.57 Å². The van der Waals surface area contributed by atoms with Gasteiger partial charge in [0.2, 0.25) is 0 Å². The average Bonchev–Trinajstić information content (AvgIpc) is 2.60. The fourth-order valence-corrected chi connectivity index (χ4v) is 3.53. The minimum atomic E-state index is 0.0512. The van der Waals surface area contributed by atoms with Crippen molar-refractivity contribution in [3.05, 3.63) is 78.9 Å². The lowest BCUT2D eigenvalue weighted by atomic mass is 9.94. The molecule has 0 aliphatic heterocycles. The highest BCUT2D eigenvalue weighted by Crippen LogP contribution is 2.34. The van der Waals surface area contributed by atoms with Crippen LogP contribution in [0.2, 0.25) is 0 Å². The maximum absolute atomic E-state index is 11.7. The smallest absolute Gasteiger partial charge is 0.192 e. The van der Waals surface area contributed by atoms with Crippen molar-refractivity contribution in [1.29, 1.82) is 0 Å². The van der Waals surface area contributed by atoms with Crippen molar-refractivity contribution in [3.8, 4) is 11.1 Å². The summed E-state index contributed by atoms with van der Waals surface area (Å²) in [6.45, 7) is 0. The number of rotatable bonds is 2. The molecule has 0 N–H and O–H groups in total. The third-order valence-corrected chi connectivity index (χ3v) is 4.63. The Balaban J connectivity index is 2.18. The summed E-state index contributed by atoms with van der Waals surface area (Å²) >= 11 is 0. The number of fused-ring (bicyclic) bond motifs is 2. The molecule has 0 saturated heterocycles. The number of benzene rings is 4. The molecule has 22 heavy (non-hydrogen) atoms. The second kappa shape index (κ2) is 5.36. The first-order chi connectivity index (χ1) is 10.9. The first-order valence-electron chi connectivity index (χ1n) is 7.22. The van der Waals surface area contributed by atoms with Crippen LogP contribution in [-0.4, -0.2) is 0 Å². The first-order valence-corrected chi connectivity index (χ1v) is 8.03. The minimum absolute atomic E-state index is 0.0512. The molecule has 0 saturated carbocycles. The normalized spacial score (nSPS) is 11.3. The largest absolute Gasteiger partial charge is 0.269 e. The predicted molar refractivity (Wildman–Crippen MR) is 94.1 cm³/mol. The van der Waals surface area contributed by atoms with Crippen molar-refractivity contribution in [1.82, 2.24) is 0 Å². The molecule has 104 valence electrons. The van der Waals surface area contributed by atoms with Gasteiger partial charge in [0.15, 0.2) is 8.46 Å². The molecule has 0 unspecified atom stereocenters. The van der Waals surface area contributed by atoms with Gasteiger partial charge in [0.1, 0.15) is 0 Å². The fourth-order valence-electron chi connectivity index (χ4n) is 3.06. The van der Waals surface area contributed by atoms with Gasteiger partial charge in [-0.1, -0.05) is 72.8 Å². The van der Waals surface area contributed by atoms with Crippen molar-refractivity contribution < 1.29 is 4.57 Å². The van der Waals surface area contributed by atoms with Gasteiger partial charge in [-0.2, -0.15) is 0 Å². The van der Waals surface area contributed by atoms with Gasteiger partial charge in [-0.15, -0.1) is 0 Å². The van der Waals surface area contributed by atoms with E-state index < -0.39 is 0 Å². The molecule has 0 amide bonds. The molecule has 0 aliphatic carbocycles. The van der Waals surface area contributed by atoms with E-state index in [-0.39, 0.29) is 8.46 Å². The summed E-state index contributed by atoms with van der Waals surface area (Å²) in [7, 11) is 0.0512. The highest BCUT2D eigenvalue weighted by Gasteiger charge is 2.12. The van der Waals surface area contributed by atoms with Crippen molar-refractivity contribution in [2.75, 3.05) is 0 Å². The van der Waals surface area contributed by atoms with E-state index in [9.17, 15) is 4.57 Å². The van der Waals surface area contributed by atoms with Crippen LogP contribution in [0.1, 0.15) is 0 Å². The van der Waals surface area contributed by atoms with E-state index in [0.29, 0.717) is 0 Å². The quantitative estimate of drug-likeness (QED) is 0.442. The molecule has 4 aromatic rings. The van der Waals surface area contributed by atoms with Crippen LogP contribution in [0.15, 0.2) is 78.9 Å². The standard InChI is InChI=1S/C20H13OP/c21-22-19-13-12-15-7-2-4-10-17(15)20(19)18-11-5-8-14-6-1-3-9-16(14)18/h1-13H. The topological polar surface area (TPSA) is 17.1 Å². The van der Waals surface area contributed by atoms with Crippen LogP contribution in [0.4, 0.5) is 0 Å². The number of hydrogen-bond acceptors (Lipinski definition) is 1. The Kier molecular flexibility index (Phi) is 3.21. The van der Waals surface area contributed by atoms with E-state index >= 15 is 0 Å². The second-order valence-electron chi connectivity index (χ2n) is 5.30. The molecule has 0 bridgehead atoms. The average molecular weight is 300 g/mol. The monoisotopic (exact) mass is 300 g/mol. The third-order valence-electron chi connectivity index (χ3n) is 4.06. The zero-order valence-corrected chi connectivity index (χ0v) is 12.8. The lowest BCUT2D eigenvalue weighted by Crippen LogP contribution is -1.99. The highest BCUT2D eigenvalue weighted by atomic mass is 31.1. The van der Waals surface area contributed by atoms with Gasteiger partial charge in [-0.05, 0) is 33.2 Å². The summed E-state index contributed by atoms with van der Waals surface area (Å²) in [5.74, 6) is 0. The van der Waals surface area contributed by atoms with E-state index in [1.807, 2.05) is 36.4 Å². The first kappa shape index (κ1) is 13.2. The van der Waals surface area contributed by atoms with Crippen LogP contribution < -0.4 is 5.30 Å². The summed E-state index contributed by atoms with van der Waals surface area (Å²) in [5.41, 5.74) is 2.19. The molecule has 1 nitrogen and oxygen atoms in total. The zero-order valence-electron chi connectivity index (χ0n) is 11.9. The number of hydrogen-bond donors (Lipinski definition) is 0. The van der Waals surface area contributed by atoms with Crippen LogP contribution in [0.3, 0.4) is 0 Å². The molecule has 2 heteroatoms. The molecular weight excluding hydrogens is 287 g/mol. The molecule has 0 heterocycles. The Morgan fingerprint density at radius 1 is 0.591 bits per heavy atom. The Morgan fingerprint density at radius 2 is 1.23 bits per heavy atom. The molecule has 4 aromatic carbocycles. The van der Waals surface area contributed by atoms with E-state index in [1.165, 1.54) is 10.8 Å². The minimum Gasteiger partial charge on any atom is -0.269 e. The van der Waals surface area contributed by atoms with E-state index in [2.05, 4.69) is 42.5 Å². The summed E-state index contributed by atoms with van der Waals surface area (Å²) in [6, 6.07) is 26.8. The van der Waals surface area contributed by atoms with Crippen LogP contribution in [0, 0.1) is 0 Å². The second-order valence-corrected chi connectivity index (χ2v) is 5.96. The Labute approximate surface area is 130 Å². The van der Waals surface area contributed by atoms with Gasteiger partial charge in [0.25, 0.3) is 0 Å². The summed E-state index contributed by atoms with van der Waals surface area (Å²) < 4.78 is 11.7. The maximum atomic E-state index is 11.7. The van der Waals surface area contributed by atoms with Crippen molar-refractivity contribution in [2.24, 2.45) is 0 Å².